The van der Waals surface area contributed by atoms with Crippen LogP contribution in [-0.2, 0) is 12.8 Å². The molecule has 19 heavy (non-hydrogen) atoms. The van der Waals surface area contributed by atoms with Crippen LogP contribution in [0.25, 0.3) is 0 Å². The van der Waals surface area contributed by atoms with Gasteiger partial charge in [0.1, 0.15) is 11.6 Å². The van der Waals surface area contributed by atoms with E-state index in [1.165, 1.54) is 12.8 Å². The number of aromatic nitrogens is 2. The van der Waals surface area contributed by atoms with Crippen molar-refractivity contribution in [2.24, 2.45) is 5.92 Å². The maximum atomic E-state index is 9.44. The lowest BCUT2D eigenvalue weighted by Crippen LogP contribution is -2.34. The minimum Gasteiger partial charge on any atom is -0.362 e. The van der Waals surface area contributed by atoms with Crippen molar-refractivity contribution in [2.45, 2.75) is 58.9 Å². The number of anilines is 1. The van der Waals surface area contributed by atoms with Crippen molar-refractivity contribution in [1.29, 1.82) is 5.26 Å². The second-order valence-corrected chi connectivity index (χ2v) is 5.79. The summed E-state index contributed by atoms with van der Waals surface area (Å²) >= 11 is 0. The first-order valence-corrected chi connectivity index (χ1v) is 7.10. The second kappa shape index (κ2) is 5.16. The summed E-state index contributed by atoms with van der Waals surface area (Å²) in [6, 6.07) is 2.31. The number of hydrogen-bond donors (Lipinski definition) is 1. The van der Waals surface area contributed by atoms with E-state index in [1.54, 1.807) is 0 Å². The van der Waals surface area contributed by atoms with Gasteiger partial charge in [0.2, 0.25) is 0 Å². The molecule has 1 saturated carbocycles. The van der Waals surface area contributed by atoms with Crippen molar-refractivity contribution in [1.82, 2.24) is 10.2 Å². The highest BCUT2D eigenvalue weighted by atomic mass is 15.2. The van der Waals surface area contributed by atoms with E-state index < -0.39 is 0 Å². The van der Waals surface area contributed by atoms with Gasteiger partial charge in [-0.15, -0.1) is 5.10 Å². The van der Waals surface area contributed by atoms with Gasteiger partial charge >= 0.3 is 0 Å². The quantitative estimate of drug-likeness (QED) is 0.881. The normalized spacial score (nSPS) is 15.1. The minimum absolute atomic E-state index is 0.0149. The summed E-state index contributed by atoms with van der Waals surface area (Å²) in [7, 11) is 0. The van der Waals surface area contributed by atoms with E-state index in [0.29, 0.717) is 17.3 Å². The SMILES string of the molecule is CCc1nnc(NC(C)(C)C2CC2)c(C#N)c1CC. The molecule has 1 aromatic heterocycles. The van der Waals surface area contributed by atoms with Crippen molar-refractivity contribution in [3.8, 4) is 6.07 Å². The molecular weight excluding hydrogens is 236 g/mol. The summed E-state index contributed by atoms with van der Waals surface area (Å²) in [6.45, 7) is 8.46. The Hall–Kier alpha value is -1.63. The first-order chi connectivity index (χ1) is 9.03. The Morgan fingerprint density at radius 2 is 1.95 bits per heavy atom. The summed E-state index contributed by atoms with van der Waals surface area (Å²) in [5.74, 6) is 1.32. The predicted octanol–water partition coefficient (Wildman–Crippen LogP) is 3.07. The molecule has 0 saturated heterocycles. The molecule has 4 heteroatoms. The Labute approximate surface area is 115 Å². The van der Waals surface area contributed by atoms with Crippen LogP contribution in [0.15, 0.2) is 0 Å². The number of nitrogens with one attached hydrogen (secondary N) is 1. The molecule has 102 valence electrons. The molecule has 0 radical (unpaired) electrons. The van der Waals surface area contributed by atoms with E-state index >= 15 is 0 Å². The number of aryl methyl sites for hydroxylation is 1. The second-order valence-electron chi connectivity index (χ2n) is 5.79. The number of hydrogen-bond acceptors (Lipinski definition) is 4. The van der Waals surface area contributed by atoms with Crippen LogP contribution in [0.3, 0.4) is 0 Å². The maximum absolute atomic E-state index is 9.44. The van der Waals surface area contributed by atoms with E-state index in [9.17, 15) is 5.26 Å². The number of nitriles is 1. The summed E-state index contributed by atoms with van der Waals surface area (Å²) in [6.07, 6.45) is 4.14. The van der Waals surface area contributed by atoms with Crippen LogP contribution < -0.4 is 5.32 Å². The summed E-state index contributed by atoms with van der Waals surface area (Å²) in [5.41, 5.74) is 2.63. The molecule has 1 aliphatic carbocycles. The van der Waals surface area contributed by atoms with Gasteiger partial charge in [0.15, 0.2) is 5.82 Å². The van der Waals surface area contributed by atoms with Gasteiger partial charge < -0.3 is 5.32 Å². The molecule has 0 spiro atoms. The summed E-state index contributed by atoms with van der Waals surface area (Å²) < 4.78 is 0. The largest absolute Gasteiger partial charge is 0.362 e. The Bertz CT molecular complexity index is 510. The third kappa shape index (κ3) is 2.70. The molecular formula is C15H22N4. The molecule has 0 atom stereocenters. The fraction of sp³-hybridized carbons (Fsp3) is 0.667. The van der Waals surface area contributed by atoms with Crippen molar-refractivity contribution >= 4 is 5.82 Å². The fourth-order valence-electron chi connectivity index (χ4n) is 2.59. The Balaban J connectivity index is 2.38. The molecule has 1 N–H and O–H groups in total. The first-order valence-electron chi connectivity index (χ1n) is 7.10. The zero-order valence-electron chi connectivity index (χ0n) is 12.2. The fourth-order valence-corrected chi connectivity index (χ4v) is 2.59. The van der Waals surface area contributed by atoms with Gasteiger partial charge in [-0.2, -0.15) is 10.4 Å². The minimum atomic E-state index is -0.0149. The van der Waals surface area contributed by atoms with Crippen LogP contribution in [0.2, 0.25) is 0 Å². The van der Waals surface area contributed by atoms with Crippen LogP contribution >= 0.6 is 0 Å². The highest BCUT2D eigenvalue weighted by molar-refractivity contribution is 5.57. The van der Waals surface area contributed by atoms with Gasteiger partial charge in [-0.25, -0.2) is 0 Å². The molecule has 4 nitrogen and oxygen atoms in total. The van der Waals surface area contributed by atoms with Crippen molar-refractivity contribution in [3.05, 3.63) is 16.8 Å². The lowest BCUT2D eigenvalue weighted by molar-refractivity contribution is 0.491. The molecule has 1 aromatic rings. The van der Waals surface area contributed by atoms with E-state index in [0.717, 1.165) is 24.1 Å². The Morgan fingerprint density at radius 1 is 1.26 bits per heavy atom. The highest BCUT2D eigenvalue weighted by Crippen LogP contribution is 2.41. The van der Waals surface area contributed by atoms with Crippen LogP contribution in [0.4, 0.5) is 5.82 Å². The Morgan fingerprint density at radius 3 is 2.42 bits per heavy atom. The van der Waals surface area contributed by atoms with Gasteiger partial charge in [0.25, 0.3) is 0 Å². The molecule has 0 bridgehead atoms. The van der Waals surface area contributed by atoms with E-state index in [1.807, 2.05) is 6.92 Å². The molecule has 0 amide bonds. The van der Waals surface area contributed by atoms with E-state index in [2.05, 4.69) is 42.4 Å². The number of rotatable bonds is 5. The van der Waals surface area contributed by atoms with Crippen LogP contribution in [0.5, 0.6) is 0 Å². The molecule has 1 heterocycles. The molecule has 0 unspecified atom stereocenters. The molecule has 0 aromatic carbocycles. The Kier molecular flexibility index (Phi) is 3.75. The average molecular weight is 258 g/mol. The van der Waals surface area contributed by atoms with Crippen molar-refractivity contribution in [2.75, 3.05) is 5.32 Å². The monoisotopic (exact) mass is 258 g/mol. The van der Waals surface area contributed by atoms with Gasteiger partial charge in [-0.05, 0) is 51.0 Å². The third-order valence-corrected chi connectivity index (χ3v) is 4.00. The standard InChI is InChI=1S/C15H22N4/c1-5-11-12(9-16)14(19-18-13(11)6-2)17-15(3,4)10-7-8-10/h10H,5-8H2,1-4H3,(H,17,19). The lowest BCUT2D eigenvalue weighted by Gasteiger charge is -2.27. The van der Waals surface area contributed by atoms with Gasteiger partial charge in [-0.1, -0.05) is 13.8 Å². The summed E-state index contributed by atoms with van der Waals surface area (Å²) in [5, 5.41) is 21.4. The van der Waals surface area contributed by atoms with Gasteiger partial charge in [0.05, 0.1) is 5.69 Å². The first kappa shape index (κ1) is 13.8. The summed E-state index contributed by atoms with van der Waals surface area (Å²) in [4.78, 5) is 0. The van der Waals surface area contributed by atoms with Crippen LogP contribution in [-0.4, -0.2) is 15.7 Å². The highest BCUT2D eigenvalue weighted by Gasteiger charge is 2.38. The average Bonchev–Trinajstić information content (AvgIpc) is 3.22. The predicted molar refractivity (Wildman–Crippen MR) is 75.9 cm³/mol. The third-order valence-electron chi connectivity index (χ3n) is 4.00. The topological polar surface area (TPSA) is 61.6 Å². The lowest BCUT2D eigenvalue weighted by atomic mass is 9.97. The molecule has 2 rings (SSSR count). The zero-order chi connectivity index (χ0) is 14.0. The molecule has 1 fully saturated rings. The van der Waals surface area contributed by atoms with Crippen LogP contribution in [0, 0.1) is 17.2 Å². The van der Waals surface area contributed by atoms with Crippen molar-refractivity contribution < 1.29 is 0 Å². The van der Waals surface area contributed by atoms with E-state index in [4.69, 9.17) is 0 Å². The smallest absolute Gasteiger partial charge is 0.167 e. The van der Waals surface area contributed by atoms with E-state index in [-0.39, 0.29) is 5.54 Å². The molecule has 1 aliphatic rings. The zero-order valence-corrected chi connectivity index (χ0v) is 12.2. The van der Waals surface area contributed by atoms with Gasteiger partial charge in [-0.3, -0.25) is 0 Å². The molecule has 0 aliphatic heterocycles. The van der Waals surface area contributed by atoms with Crippen molar-refractivity contribution in [3.63, 3.8) is 0 Å². The van der Waals surface area contributed by atoms with Crippen LogP contribution in [0.1, 0.15) is 57.4 Å². The maximum Gasteiger partial charge on any atom is 0.167 e. The van der Waals surface area contributed by atoms with Gasteiger partial charge in [0, 0.05) is 5.54 Å². The number of nitrogens with zero attached hydrogens (tertiary/aromatic N) is 3.